The van der Waals surface area contributed by atoms with E-state index in [0.717, 1.165) is 44.3 Å². The van der Waals surface area contributed by atoms with Gasteiger partial charge in [0.25, 0.3) is 0 Å². The van der Waals surface area contributed by atoms with Gasteiger partial charge in [-0.15, -0.1) is 0 Å². The van der Waals surface area contributed by atoms with Gasteiger partial charge in [-0.3, -0.25) is 0 Å². The summed E-state index contributed by atoms with van der Waals surface area (Å²) in [7, 11) is 1.97. The first-order chi connectivity index (χ1) is 11.6. The molecule has 0 aromatic heterocycles. The Kier molecular flexibility index (Phi) is 7.46. The second kappa shape index (κ2) is 9.59. The highest BCUT2D eigenvalue weighted by Gasteiger charge is 2.21. The number of carbonyl (C=O) groups is 1. The van der Waals surface area contributed by atoms with Crippen LogP contribution in [0.5, 0.6) is 0 Å². The molecular formula is C18H28FN3O2. The Hall–Kier alpha value is -1.66. The van der Waals surface area contributed by atoms with Crippen LogP contribution in [0.4, 0.5) is 9.18 Å². The topological polar surface area (TPSA) is 64.6 Å². The van der Waals surface area contributed by atoms with E-state index < -0.39 is 0 Å². The Labute approximate surface area is 143 Å². The monoisotopic (exact) mass is 337 g/mol. The summed E-state index contributed by atoms with van der Waals surface area (Å²) in [5, 5.41) is 15.0. The molecule has 5 nitrogen and oxygen atoms in total. The summed E-state index contributed by atoms with van der Waals surface area (Å²) in [6, 6.07) is 6.55. The van der Waals surface area contributed by atoms with Crippen LogP contribution in [0.3, 0.4) is 0 Å². The summed E-state index contributed by atoms with van der Waals surface area (Å²) >= 11 is 0. The van der Waals surface area contributed by atoms with Crippen LogP contribution >= 0.6 is 0 Å². The fraction of sp³-hybridized carbons (Fsp3) is 0.611. The van der Waals surface area contributed by atoms with Crippen LogP contribution in [0.15, 0.2) is 24.3 Å². The SMILES string of the molecule is CN(CCNC(=O)NC1CCC(CO)CC1)Cc1ccc(F)cc1. The van der Waals surface area contributed by atoms with Crippen molar-refractivity contribution in [2.75, 3.05) is 26.7 Å². The second-order valence-corrected chi connectivity index (χ2v) is 6.66. The molecule has 6 heteroatoms. The van der Waals surface area contributed by atoms with Gasteiger partial charge in [0.05, 0.1) is 0 Å². The summed E-state index contributed by atoms with van der Waals surface area (Å²) in [5.41, 5.74) is 1.05. The molecule has 2 amide bonds. The summed E-state index contributed by atoms with van der Waals surface area (Å²) in [4.78, 5) is 14.0. The van der Waals surface area contributed by atoms with E-state index in [1.54, 1.807) is 12.1 Å². The van der Waals surface area contributed by atoms with Gasteiger partial charge in [-0.05, 0) is 56.3 Å². The van der Waals surface area contributed by atoms with Crippen LogP contribution in [0.1, 0.15) is 31.2 Å². The maximum absolute atomic E-state index is 12.9. The first-order valence-electron chi connectivity index (χ1n) is 8.65. The number of aliphatic hydroxyl groups is 1. The summed E-state index contributed by atoms with van der Waals surface area (Å²) in [6.45, 7) is 2.26. The van der Waals surface area contributed by atoms with Crippen molar-refractivity contribution >= 4 is 6.03 Å². The van der Waals surface area contributed by atoms with E-state index in [0.29, 0.717) is 12.5 Å². The third-order valence-corrected chi connectivity index (χ3v) is 4.59. The van der Waals surface area contributed by atoms with Crippen molar-refractivity contribution in [2.45, 2.75) is 38.3 Å². The highest BCUT2D eigenvalue weighted by atomic mass is 19.1. The van der Waals surface area contributed by atoms with Gasteiger partial charge in [-0.25, -0.2) is 9.18 Å². The van der Waals surface area contributed by atoms with Crippen molar-refractivity contribution in [3.05, 3.63) is 35.6 Å². The fourth-order valence-electron chi connectivity index (χ4n) is 3.07. The largest absolute Gasteiger partial charge is 0.396 e. The van der Waals surface area contributed by atoms with Crippen molar-refractivity contribution < 1.29 is 14.3 Å². The molecule has 3 N–H and O–H groups in total. The van der Waals surface area contributed by atoms with Crippen molar-refractivity contribution in [3.8, 4) is 0 Å². The van der Waals surface area contributed by atoms with Gasteiger partial charge in [-0.1, -0.05) is 12.1 Å². The summed E-state index contributed by atoms with van der Waals surface area (Å²) in [6.07, 6.45) is 3.82. The molecule has 0 radical (unpaired) electrons. The van der Waals surface area contributed by atoms with Crippen LogP contribution in [-0.2, 0) is 6.54 Å². The molecule has 1 aliphatic carbocycles. The number of nitrogens with zero attached hydrogens (tertiary/aromatic N) is 1. The number of carbonyl (C=O) groups excluding carboxylic acids is 1. The summed E-state index contributed by atoms with van der Waals surface area (Å²) < 4.78 is 12.9. The zero-order valence-electron chi connectivity index (χ0n) is 14.3. The molecule has 1 aliphatic rings. The molecule has 24 heavy (non-hydrogen) atoms. The minimum atomic E-state index is -0.229. The normalized spacial score (nSPS) is 20.8. The molecule has 0 aliphatic heterocycles. The number of nitrogens with one attached hydrogen (secondary N) is 2. The van der Waals surface area contributed by atoms with Crippen LogP contribution in [0.25, 0.3) is 0 Å². The quantitative estimate of drug-likeness (QED) is 0.714. The van der Waals surface area contributed by atoms with Gasteiger partial charge < -0.3 is 20.6 Å². The molecule has 0 heterocycles. The van der Waals surface area contributed by atoms with Gasteiger partial charge in [0.2, 0.25) is 0 Å². The molecule has 0 bridgehead atoms. The van der Waals surface area contributed by atoms with E-state index in [-0.39, 0.29) is 24.5 Å². The molecule has 0 atom stereocenters. The van der Waals surface area contributed by atoms with Gasteiger partial charge in [0, 0.05) is 32.3 Å². The molecule has 1 fully saturated rings. The molecule has 1 saturated carbocycles. The number of urea groups is 1. The van der Waals surface area contributed by atoms with Crippen molar-refractivity contribution in [3.63, 3.8) is 0 Å². The highest BCUT2D eigenvalue weighted by molar-refractivity contribution is 5.74. The standard InChI is InChI=1S/C18H28FN3O2/c1-22(12-14-2-6-16(19)7-3-14)11-10-20-18(24)21-17-8-4-15(13-23)5-9-17/h2-3,6-7,15,17,23H,4-5,8-13H2,1H3,(H2,20,21,24). The predicted molar refractivity (Wildman–Crippen MR) is 92.1 cm³/mol. The maximum Gasteiger partial charge on any atom is 0.315 e. The third kappa shape index (κ3) is 6.45. The molecule has 1 aromatic rings. The van der Waals surface area contributed by atoms with Gasteiger partial charge in [0.1, 0.15) is 5.82 Å². The second-order valence-electron chi connectivity index (χ2n) is 6.66. The Morgan fingerprint density at radius 3 is 2.54 bits per heavy atom. The number of amides is 2. The fourth-order valence-corrected chi connectivity index (χ4v) is 3.07. The van der Waals surface area contributed by atoms with Gasteiger partial charge in [-0.2, -0.15) is 0 Å². The maximum atomic E-state index is 12.9. The Balaban J connectivity index is 1.59. The molecule has 134 valence electrons. The highest BCUT2D eigenvalue weighted by Crippen LogP contribution is 2.23. The van der Waals surface area contributed by atoms with E-state index in [2.05, 4.69) is 15.5 Å². The number of halogens is 1. The molecule has 0 spiro atoms. The van der Waals surface area contributed by atoms with Crippen LogP contribution in [0, 0.1) is 11.7 Å². The predicted octanol–water partition coefficient (Wildman–Crippen LogP) is 2.11. The van der Waals surface area contributed by atoms with E-state index in [9.17, 15) is 9.18 Å². The van der Waals surface area contributed by atoms with E-state index in [1.807, 2.05) is 7.05 Å². The molecular weight excluding hydrogens is 309 g/mol. The first kappa shape index (κ1) is 18.7. The smallest absolute Gasteiger partial charge is 0.315 e. The number of benzene rings is 1. The minimum absolute atomic E-state index is 0.127. The Morgan fingerprint density at radius 2 is 1.92 bits per heavy atom. The van der Waals surface area contributed by atoms with E-state index in [4.69, 9.17) is 5.11 Å². The molecule has 1 aromatic carbocycles. The number of hydrogen-bond acceptors (Lipinski definition) is 3. The first-order valence-corrected chi connectivity index (χ1v) is 8.65. The molecule has 0 saturated heterocycles. The van der Waals surface area contributed by atoms with Crippen molar-refractivity contribution in [2.24, 2.45) is 5.92 Å². The lowest BCUT2D eigenvalue weighted by Gasteiger charge is -2.28. The van der Waals surface area contributed by atoms with Crippen LogP contribution in [-0.4, -0.2) is 48.8 Å². The number of rotatable bonds is 7. The van der Waals surface area contributed by atoms with Crippen molar-refractivity contribution in [1.29, 1.82) is 0 Å². The molecule has 0 unspecified atom stereocenters. The molecule has 2 rings (SSSR count). The summed E-state index contributed by atoms with van der Waals surface area (Å²) in [5.74, 6) is 0.166. The number of aliphatic hydroxyl groups excluding tert-OH is 1. The third-order valence-electron chi connectivity index (χ3n) is 4.59. The Morgan fingerprint density at radius 1 is 1.25 bits per heavy atom. The Bertz CT molecular complexity index is 501. The van der Waals surface area contributed by atoms with Crippen molar-refractivity contribution in [1.82, 2.24) is 15.5 Å². The zero-order chi connectivity index (χ0) is 17.4. The number of likely N-dealkylation sites (N-methyl/N-ethyl adjacent to an activating group) is 1. The minimum Gasteiger partial charge on any atom is -0.396 e. The lowest BCUT2D eigenvalue weighted by atomic mass is 9.87. The number of hydrogen-bond donors (Lipinski definition) is 3. The van der Waals surface area contributed by atoms with E-state index >= 15 is 0 Å². The van der Waals surface area contributed by atoms with Crippen LogP contribution < -0.4 is 10.6 Å². The van der Waals surface area contributed by atoms with Gasteiger partial charge >= 0.3 is 6.03 Å². The average molecular weight is 337 g/mol. The average Bonchev–Trinajstić information content (AvgIpc) is 2.57. The van der Waals surface area contributed by atoms with Crippen LogP contribution in [0.2, 0.25) is 0 Å². The lowest BCUT2D eigenvalue weighted by molar-refractivity contribution is 0.174. The van der Waals surface area contributed by atoms with Gasteiger partial charge in [0.15, 0.2) is 0 Å². The lowest BCUT2D eigenvalue weighted by Crippen LogP contribution is -2.45. The van der Waals surface area contributed by atoms with E-state index in [1.165, 1.54) is 12.1 Å². The zero-order valence-corrected chi connectivity index (χ0v) is 14.3.